The number of hydrogen-bond acceptors (Lipinski definition) is 3. The molecule has 2 fully saturated rings. The molecule has 0 aromatic carbocycles. The van der Waals surface area contributed by atoms with Crippen LogP contribution in [0.2, 0.25) is 0 Å². The number of carbonyl (C=O) groups excluding carboxylic acids is 1. The molecule has 3 nitrogen and oxygen atoms in total. The SMILES string of the molecule is O=C1COCC12CCNC2. The molecule has 2 rings (SSSR count). The monoisotopic (exact) mass is 141 g/mol. The van der Waals surface area contributed by atoms with Crippen molar-refractivity contribution in [3.63, 3.8) is 0 Å². The molecule has 0 radical (unpaired) electrons. The third-order valence-electron chi connectivity index (χ3n) is 2.45. The average Bonchev–Trinajstić information content (AvgIpc) is 2.48. The molecule has 2 aliphatic rings. The summed E-state index contributed by atoms with van der Waals surface area (Å²) in [5, 5.41) is 3.18. The lowest BCUT2D eigenvalue weighted by Crippen LogP contribution is -2.31. The maximum atomic E-state index is 11.2. The Morgan fingerprint density at radius 3 is 3.00 bits per heavy atom. The maximum absolute atomic E-state index is 11.2. The number of ketones is 1. The summed E-state index contributed by atoms with van der Waals surface area (Å²) >= 11 is 0. The predicted octanol–water partition coefficient (Wildman–Crippen LogP) is -0.435. The normalized spacial score (nSPS) is 39.8. The first-order valence-corrected chi connectivity index (χ1v) is 3.65. The Morgan fingerprint density at radius 2 is 2.50 bits per heavy atom. The van der Waals surface area contributed by atoms with Gasteiger partial charge in [0.15, 0.2) is 5.78 Å². The summed E-state index contributed by atoms with van der Waals surface area (Å²) in [6.07, 6.45) is 0.964. The van der Waals surface area contributed by atoms with Gasteiger partial charge in [-0.2, -0.15) is 0 Å². The zero-order chi connectivity index (χ0) is 7.03. The standard InChI is InChI=1S/C7H11NO2/c9-6-3-10-5-7(6)1-2-8-4-7/h8H,1-5H2. The van der Waals surface area contributed by atoms with Crippen molar-refractivity contribution < 1.29 is 9.53 Å². The first-order valence-electron chi connectivity index (χ1n) is 3.65. The summed E-state index contributed by atoms with van der Waals surface area (Å²) in [5.41, 5.74) is -0.125. The lowest BCUT2D eigenvalue weighted by Gasteiger charge is -2.15. The van der Waals surface area contributed by atoms with Crippen LogP contribution in [0.3, 0.4) is 0 Å². The first kappa shape index (κ1) is 6.31. The largest absolute Gasteiger partial charge is 0.373 e. The van der Waals surface area contributed by atoms with Crippen molar-refractivity contribution in [2.75, 3.05) is 26.3 Å². The van der Waals surface area contributed by atoms with E-state index in [-0.39, 0.29) is 11.2 Å². The van der Waals surface area contributed by atoms with Gasteiger partial charge in [0.2, 0.25) is 0 Å². The van der Waals surface area contributed by atoms with Crippen LogP contribution < -0.4 is 5.32 Å². The predicted molar refractivity (Wildman–Crippen MR) is 35.7 cm³/mol. The van der Waals surface area contributed by atoms with E-state index in [2.05, 4.69) is 5.32 Å². The molecule has 2 heterocycles. The number of Topliss-reactive ketones (excluding diaryl/α,β-unsaturated/α-hetero) is 1. The van der Waals surface area contributed by atoms with E-state index >= 15 is 0 Å². The van der Waals surface area contributed by atoms with Gasteiger partial charge >= 0.3 is 0 Å². The number of nitrogens with one attached hydrogen (secondary N) is 1. The van der Waals surface area contributed by atoms with E-state index in [1.807, 2.05) is 0 Å². The topological polar surface area (TPSA) is 38.3 Å². The number of ether oxygens (including phenoxy) is 1. The Kier molecular flexibility index (Phi) is 1.28. The van der Waals surface area contributed by atoms with E-state index < -0.39 is 0 Å². The minimum Gasteiger partial charge on any atom is -0.373 e. The van der Waals surface area contributed by atoms with Gasteiger partial charge in [0, 0.05) is 6.54 Å². The van der Waals surface area contributed by atoms with Crippen molar-refractivity contribution in [1.29, 1.82) is 0 Å². The molecule has 0 amide bonds. The molecule has 0 aromatic rings. The lowest BCUT2D eigenvalue weighted by molar-refractivity contribution is -0.123. The second kappa shape index (κ2) is 2.04. The van der Waals surface area contributed by atoms with Crippen molar-refractivity contribution >= 4 is 5.78 Å². The Hall–Kier alpha value is -0.410. The Bertz CT molecular complexity index is 155. The summed E-state index contributed by atoms with van der Waals surface area (Å²) in [6.45, 7) is 2.77. The fourth-order valence-electron chi connectivity index (χ4n) is 1.68. The van der Waals surface area contributed by atoms with Gasteiger partial charge in [-0.1, -0.05) is 0 Å². The highest BCUT2D eigenvalue weighted by atomic mass is 16.5. The molecule has 1 spiro atoms. The molecule has 0 aliphatic carbocycles. The number of carbonyl (C=O) groups is 1. The van der Waals surface area contributed by atoms with Gasteiger partial charge in [-0.3, -0.25) is 4.79 Å². The molecule has 1 unspecified atom stereocenters. The van der Waals surface area contributed by atoms with Gasteiger partial charge in [-0.05, 0) is 13.0 Å². The summed E-state index contributed by atoms with van der Waals surface area (Å²) in [4.78, 5) is 11.2. The molecule has 56 valence electrons. The highest BCUT2D eigenvalue weighted by Gasteiger charge is 2.44. The second-order valence-electron chi connectivity index (χ2n) is 3.12. The van der Waals surface area contributed by atoms with Crippen LogP contribution in [0.1, 0.15) is 6.42 Å². The third-order valence-corrected chi connectivity index (χ3v) is 2.45. The summed E-state index contributed by atoms with van der Waals surface area (Å²) in [7, 11) is 0. The molecule has 0 aromatic heterocycles. The maximum Gasteiger partial charge on any atom is 0.168 e. The first-order chi connectivity index (χ1) is 4.83. The van der Waals surface area contributed by atoms with E-state index in [4.69, 9.17) is 4.74 Å². The molecular formula is C7H11NO2. The highest BCUT2D eigenvalue weighted by molar-refractivity contribution is 5.88. The zero-order valence-corrected chi connectivity index (χ0v) is 5.85. The highest BCUT2D eigenvalue weighted by Crippen LogP contribution is 2.31. The van der Waals surface area contributed by atoms with Crippen molar-refractivity contribution in [2.24, 2.45) is 5.41 Å². The van der Waals surface area contributed by atoms with Gasteiger partial charge in [0.05, 0.1) is 12.0 Å². The quantitative estimate of drug-likeness (QED) is 0.497. The molecule has 10 heavy (non-hydrogen) atoms. The zero-order valence-electron chi connectivity index (χ0n) is 5.85. The van der Waals surface area contributed by atoms with E-state index in [0.717, 1.165) is 19.5 Å². The molecule has 2 aliphatic heterocycles. The second-order valence-corrected chi connectivity index (χ2v) is 3.12. The summed E-state index contributed by atoms with van der Waals surface area (Å²) in [5.74, 6) is 0.289. The molecule has 2 saturated heterocycles. The van der Waals surface area contributed by atoms with Crippen molar-refractivity contribution in [3.05, 3.63) is 0 Å². The molecular weight excluding hydrogens is 130 g/mol. The molecule has 0 saturated carbocycles. The van der Waals surface area contributed by atoms with E-state index in [1.54, 1.807) is 0 Å². The van der Waals surface area contributed by atoms with Gasteiger partial charge in [0.1, 0.15) is 6.61 Å². The summed E-state index contributed by atoms with van der Waals surface area (Å²) in [6, 6.07) is 0. The fourth-order valence-corrected chi connectivity index (χ4v) is 1.68. The lowest BCUT2D eigenvalue weighted by atomic mass is 9.86. The van der Waals surface area contributed by atoms with Gasteiger partial charge in [0.25, 0.3) is 0 Å². The van der Waals surface area contributed by atoms with Crippen LogP contribution in [0.5, 0.6) is 0 Å². The minimum atomic E-state index is -0.125. The Labute approximate surface area is 59.7 Å². The third kappa shape index (κ3) is 0.707. The van der Waals surface area contributed by atoms with Crippen LogP contribution in [0.15, 0.2) is 0 Å². The average molecular weight is 141 g/mol. The van der Waals surface area contributed by atoms with Crippen LogP contribution in [0.4, 0.5) is 0 Å². The molecule has 0 bridgehead atoms. The van der Waals surface area contributed by atoms with Crippen molar-refractivity contribution in [1.82, 2.24) is 5.32 Å². The van der Waals surface area contributed by atoms with Gasteiger partial charge in [-0.15, -0.1) is 0 Å². The van der Waals surface area contributed by atoms with E-state index in [0.29, 0.717) is 13.2 Å². The van der Waals surface area contributed by atoms with Gasteiger partial charge < -0.3 is 10.1 Å². The van der Waals surface area contributed by atoms with Crippen molar-refractivity contribution in [3.8, 4) is 0 Å². The van der Waals surface area contributed by atoms with Gasteiger partial charge in [-0.25, -0.2) is 0 Å². The summed E-state index contributed by atoms with van der Waals surface area (Å²) < 4.78 is 5.10. The Balaban J connectivity index is 2.19. The van der Waals surface area contributed by atoms with Crippen LogP contribution in [0.25, 0.3) is 0 Å². The minimum absolute atomic E-state index is 0.125. The Morgan fingerprint density at radius 1 is 1.60 bits per heavy atom. The molecule has 1 N–H and O–H groups in total. The molecule has 3 heteroatoms. The number of rotatable bonds is 0. The van der Waals surface area contributed by atoms with Crippen LogP contribution in [-0.2, 0) is 9.53 Å². The van der Waals surface area contributed by atoms with Crippen LogP contribution in [-0.4, -0.2) is 32.1 Å². The molecule has 1 atom stereocenters. The fraction of sp³-hybridized carbons (Fsp3) is 0.857. The van der Waals surface area contributed by atoms with E-state index in [9.17, 15) is 4.79 Å². The van der Waals surface area contributed by atoms with Crippen molar-refractivity contribution in [2.45, 2.75) is 6.42 Å². The number of hydrogen-bond donors (Lipinski definition) is 1. The van der Waals surface area contributed by atoms with Crippen LogP contribution in [0, 0.1) is 5.41 Å². The smallest absolute Gasteiger partial charge is 0.168 e. The van der Waals surface area contributed by atoms with Crippen LogP contribution >= 0.6 is 0 Å². The van der Waals surface area contributed by atoms with E-state index in [1.165, 1.54) is 0 Å².